The summed E-state index contributed by atoms with van der Waals surface area (Å²) >= 11 is 0. The first-order valence-electron chi connectivity index (χ1n) is 6.94. The monoisotopic (exact) mass is 264 g/mol. The van der Waals surface area contributed by atoms with E-state index in [9.17, 15) is 9.18 Å². The number of amides is 1. The zero-order valence-electron chi connectivity index (χ0n) is 11.3. The van der Waals surface area contributed by atoms with Crippen LogP contribution in [0.1, 0.15) is 44.2 Å². The maximum Gasteiger partial charge on any atom is 0.223 e. The molecule has 19 heavy (non-hydrogen) atoms. The highest BCUT2D eigenvalue weighted by molar-refractivity contribution is 5.77. The van der Waals surface area contributed by atoms with Gasteiger partial charge in [-0.3, -0.25) is 4.79 Å². The predicted octanol–water partition coefficient (Wildman–Crippen LogP) is 2.62. The summed E-state index contributed by atoms with van der Waals surface area (Å²) in [5.74, 6) is -0.151. The Bertz CT molecular complexity index is 450. The Hall–Kier alpha value is -1.42. The third-order valence-corrected chi connectivity index (χ3v) is 3.64. The number of hydrogen-bond acceptors (Lipinski definition) is 2. The molecule has 1 aromatic rings. The van der Waals surface area contributed by atoms with Crippen LogP contribution in [-0.2, 0) is 4.79 Å². The number of nitrogens with two attached hydrogens (primary N) is 1. The van der Waals surface area contributed by atoms with E-state index in [2.05, 4.69) is 0 Å². The van der Waals surface area contributed by atoms with E-state index in [1.807, 2.05) is 17.9 Å². The van der Waals surface area contributed by atoms with Gasteiger partial charge >= 0.3 is 0 Å². The summed E-state index contributed by atoms with van der Waals surface area (Å²) in [5.41, 5.74) is 7.03. The Balaban J connectivity index is 2.37. The summed E-state index contributed by atoms with van der Waals surface area (Å²) < 4.78 is 13.4. The van der Waals surface area contributed by atoms with Crippen molar-refractivity contribution in [2.75, 3.05) is 6.54 Å². The van der Waals surface area contributed by atoms with Crippen molar-refractivity contribution in [3.8, 4) is 0 Å². The molecular formula is C15H21FN2O. The molecule has 3 nitrogen and oxygen atoms in total. The minimum Gasteiger partial charge on any atom is -0.334 e. The zero-order chi connectivity index (χ0) is 13.8. The van der Waals surface area contributed by atoms with Crippen LogP contribution in [0.5, 0.6) is 0 Å². The molecule has 0 saturated carbocycles. The Labute approximate surface area is 113 Å². The average Bonchev–Trinajstić information content (AvgIpc) is 2.50. The summed E-state index contributed by atoms with van der Waals surface area (Å²) in [4.78, 5) is 14.0. The number of nitrogens with zero attached hydrogens (tertiary/aromatic N) is 1. The maximum atomic E-state index is 13.4. The minimum atomic E-state index is -0.280. The molecule has 1 aromatic carbocycles. The molecule has 104 valence electrons. The van der Waals surface area contributed by atoms with Crippen LogP contribution in [0.4, 0.5) is 4.39 Å². The fourth-order valence-corrected chi connectivity index (χ4v) is 2.80. The van der Waals surface area contributed by atoms with Crippen LogP contribution in [0.2, 0.25) is 0 Å². The van der Waals surface area contributed by atoms with Crippen molar-refractivity contribution in [3.05, 3.63) is 35.6 Å². The molecule has 0 spiro atoms. The molecule has 2 atom stereocenters. The van der Waals surface area contributed by atoms with Gasteiger partial charge in [0.15, 0.2) is 0 Å². The first-order chi connectivity index (χ1) is 9.13. The Morgan fingerprint density at radius 3 is 2.95 bits per heavy atom. The highest BCUT2D eigenvalue weighted by Gasteiger charge is 2.32. The van der Waals surface area contributed by atoms with E-state index in [1.54, 1.807) is 6.07 Å². The van der Waals surface area contributed by atoms with E-state index in [-0.39, 0.29) is 23.8 Å². The number of halogens is 1. The molecule has 1 aliphatic rings. The van der Waals surface area contributed by atoms with E-state index >= 15 is 0 Å². The van der Waals surface area contributed by atoms with Gasteiger partial charge in [-0.25, -0.2) is 4.39 Å². The number of carbonyl (C=O) groups is 1. The lowest BCUT2D eigenvalue weighted by atomic mass is 9.96. The summed E-state index contributed by atoms with van der Waals surface area (Å²) in [6.07, 6.45) is 3.03. The first-order valence-corrected chi connectivity index (χ1v) is 6.94. The van der Waals surface area contributed by atoms with Gasteiger partial charge in [0, 0.05) is 19.0 Å². The summed E-state index contributed by atoms with van der Waals surface area (Å²) in [6, 6.07) is 6.11. The predicted molar refractivity (Wildman–Crippen MR) is 73.0 cm³/mol. The third kappa shape index (κ3) is 3.13. The smallest absolute Gasteiger partial charge is 0.223 e. The molecule has 0 radical (unpaired) electrons. The van der Waals surface area contributed by atoms with Crippen molar-refractivity contribution >= 4 is 5.91 Å². The van der Waals surface area contributed by atoms with Gasteiger partial charge < -0.3 is 10.6 Å². The van der Waals surface area contributed by atoms with Gasteiger partial charge in [-0.05, 0) is 37.0 Å². The van der Waals surface area contributed by atoms with Crippen molar-refractivity contribution < 1.29 is 9.18 Å². The third-order valence-electron chi connectivity index (χ3n) is 3.64. The maximum absolute atomic E-state index is 13.4. The van der Waals surface area contributed by atoms with Crippen LogP contribution >= 0.6 is 0 Å². The van der Waals surface area contributed by atoms with Gasteiger partial charge in [-0.15, -0.1) is 0 Å². The lowest BCUT2D eigenvalue weighted by Crippen LogP contribution is -2.42. The molecule has 1 aliphatic heterocycles. The second-order valence-corrected chi connectivity index (χ2v) is 5.14. The van der Waals surface area contributed by atoms with Crippen LogP contribution in [0.15, 0.2) is 24.3 Å². The van der Waals surface area contributed by atoms with Crippen molar-refractivity contribution in [1.29, 1.82) is 0 Å². The first kappa shape index (κ1) is 14.0. The Morgan fingerprint density at radius 2 is 2.26 bits per heavy atom. The van der Waals surface area contributed by atoms with E-state index in [1.165, 1.54) is 12.1 Å². The lowest BCUT2D eigenvalue weighted by molar-refractivity contribution is -0.133. The standard InChI is InChI=1S/C15H21FN2O/c1-2-9-18-14(19)8-4-7-13(17)15(18)11-5-3-6-12(16)10-11/h3,5-6,10,13,15H,2,4,7-9,17H2,1H3. The average molecular weight is 264 g/mol. The van der Waals surface area contributed by atoms with E-state index < -0.39 is 0 Å². The van der Waals surface area contributed by atoms with Crippen molar-refractivity contribution in [2.45, 2.75) is 44.7 Å². The highest BCUT2D eigenvalue weighted by Crippen LogP contribution is 2.30. The molecule has 1 saturated heterocycles. The van der Waals surface area contributed by atoms with Crippen molar-refractivity contribution in [3.63, 3.8) is 0 Å². The fraction of sp³-hybridized carbons (Fsp3) is 0.533. The molecule has 0 aliphatic carbocycles. The van der Waals surface area contributed by atoms with Gasteiger partial charge in [0.05, 0.1) is 6.04 Å². The van der Waals surface area contributed by atoms with E-state index in [0.717, 1.165) is 24.8 Å². The van der Waals surface area contributed by atoms with Gasteiger partial charge in [-0.2, -0.15) is 0 Å². The topological polar surface area (TPSA) is 46.3 Å². The second-order valence-electron chi connectivity index (χ2n) is 5.14. The number of carbonyl (C=O) groups excluding carboxylic acids is 1. The van der Waals surface area contributed by atoms with E-state index in [0.29, 0.717) is 13.0 Å². The quantitative estimate of drug-likeness (QED) is 0.912. The van der Waals surface area contributed by atoms with Gasteiger partial charge in [-0.1, -0.05) is 19.1 Å². The number of rotatable bonds is 3. The summed E-state index contributed by atoms with van der Waals surface area (Å²) in [7, 11) is 0. The molecule has 0 aromatic heterocycles. The largest absolute Gasteiger partial charge is 0.334 e. The molecule has 2 rings (SSSR count). The van der Waals surface area contributed by atoms with Crippen molar-refractivity contribution in [2.24, 2.45) is 5.73 Å². The molecule has 2 N–H and O–H groups in total. The SMILES string of the molecule is CCCN1C(=O)CCCC(N)C1c1cccc(F)c1. The fourth-order valence-electron chi connectivity index (χ4n) is 2.80. The zero-order valence-corrected chi connectivity index (χ0v) is 11.3. The molecule has 4 heteroatoms. The number of hydrogen-bond donors (Lipinski definition) is 1. The minimum absolute atomic E-state index is 0.125. The molecule has 0 bridgehead atoms. The molecule has 2 unspecified atom stereocenters. The van der Waals surface area contributed by atoms with Crippen LogP contribution in [0.25, 0.3) is 0 Å². The summed E-state index contributed by atoms with van der Waals surface area (Å²) in [6.45, 7) is 2.71. The van der Waals surface area contributed by atoms with Gasteiger partial charge in [0.1, 0.15) is 5.82 Å². The number of likely N-dealkylation sites (tertiary alicyclic amines) is 1. The normalized spacial score (nSPS) is 24.4. The Morgan fingerprint density at radius 1 is 1.47 bits per heavy atom. The van der Waals surface area contributed by atoms with Crippen LogP contribution in [0.3, 0.4) is 0 Å². The summed E-state index contributed by atoms with van der Waals surface area (Å²) in [5, 5.41) is 0. The molecular weight excluding hydrogens is 243 g/mol. The van der Waals surface area contributed by atoms with Crippen LogP contribution < -0.4 is 5.73 Å². The van der Waals surface area contributed by atoms with Gasteiger partial charge in [0.25, 0.3) is 0 Å². The highest BCUT2D eigenvalue weighted by atomic mass is 19.1. The van der Waals surface area contributed by atoms with E-state index in [4.69, 9.17) is 5.73 Å². The van der Waals surface area contributed by atoms with Crippen molar-refractivity contribution in [1.82, 2.24) is 4.90 Å². The number of benzene rings is 1. The van der Waals surface area contributed by atoms with Crippen LogP contribution in [-0.4, -0.2) is 23.4 Å². The molecule has 1 fully saturated rings. The second kappa shape index (κ2) is 6.15. The Kier molecular flexibility index (Phi) is 4.53. The molecule has 1 heterocycles. The van der Waals surface area contributed by atoms with Crippen LogP contribution in [0, 0.1) is 5.82 Å². The van der Waals surface area contributed by atoms with Gasteiger partial charge in [0.2, 0.25) is 5.91 Å². The molecule has 1 amide bonds. The lowest BCUT2D eigenvalue weighted by Gasteiger charge is -2.33.